The molecule has 1 aromatic rings. The third-order valence-electron chi connectivity index (χ3n) is 2.07. The highest BCUT2D eigenvalue weighted by Crippen LogP contribution is 2.29. The molecular formula is C10H14F3N3O. The zero-order valence-electron chi connectivity index (χ0n) is 9.80. The standard InChI is InChI=1S/C10H14F3N3O/c1-6(2)5-14-9(17)7-4-8(10(11,12)13)16(3)15-7/h4,6H,5H2,1-3H3,(H,14,17). The molecule has 0 unspecified atom stereocenters. The molecule has 1 rings (SSSR count). The predicted molar refractivity (Wildman–Crippen MR) is 55.4 cm³/mol. The third-order valence-corrected chi connectivity index (χ3v) is 2.07. The van der Waals surface area contributed by atoms with E-state index in [0.29, 0.717) is 11.2 Å². The van der Waals surface area contributed by atoms with Crippen LogP contribution in [0.25, 0.3) is 0 Å². The van der Waals surface area contributed by atoms with E-state index >= 15 is 0 Å². The van der Waals surface area contributed by atoms with Crippen molar-refractivity contribution in [2.45, 2.75) is 20.0 Å². The summed E-state index contributed by atoms with van der Waals surface area (Å²) in [6, 6.07) is 0.746. The van der Waals surface area contributed by atoms with Crippen molar-refractivity contribution in [2.75, 3.05) is 6.54 Å². The molecule has 0 aliphatic carbocycles. The van der Waals surface area contributed by atoms with Crippen LogP contribution in [0.3, 0.4) is 0 Å². The van der Waals surface area contributed by atoms with Crippen LogP contribution in [-0.2, 0) is 13.2 Å². The van der Waals surface area contributed by atoms with Crippen molar-refractivity contribution >= 4 is 5.91 Å². The lowest BCUT2D eigenvalue weighted by molar-refractivity contribution is -0.143. The van der Waals surface area contributed by atoms with Gasteiger partial charge in [0.2, 0.25) is 0 Å². The lowest BCUT2D eigenvalue weighted by atomic mass is 10.2. The molecule has 7 heteroatoms. The molecule has 0 saturated carbocycles. The number of nitrogens with zero attached hydrogens (tertiary/aromatic N) is 2. The van der Waals surface area contributed by atoms with E-state index in [0.717, 1.165) is 13.1 Å². The number of rotatable bonds is 3. The van der Waals surface area contributed by atoms with Gasteiger partial charge in [0.05, 0.1) is 0 Å². The highest BCUT2D eigenvalue weighted by Gasteiger charge is 2.35. The quantitative estimate of drug-likeness (QED) is 0.888. The Morgan fingerprint density at radius 1 is 1.53 bits per heavy atom. The van der Waals surface area contributed by atoms with Crippen LogP contribution in [0.4, 0.5) is 13.2 Å². The van der Waals surface area contributed by atoms with Gasteiger partial charge in [-0.1, -0.05) is 13.8 Å². The molecule has 1 amide bonds. The summed E-state index contributed by atoms with van der Waals surface area (Å²) in [6.45, 7) is 4.18. The van der Waals surface area contributed by atoms with Crippen molar-refractivity contribution in [3.63, 3.8) is 0 Å². The molecule has 0 aliphatic rings. The van der Waals surface area contributed by atoms with E-state index in [1.807, 2.05) is 13.8 Å². The van der Waals surface area contributed by atoms with E-state index in [2.05, 4.69) is 10.4 Å². The average molecular weight is 249 g/mol. The predicted octanol–water partition coefficient (Wildman–Crippen LogP) is 1.82. The van der Waals surface area contributed by atoms with Crippen molar-refractivity contribution < 1.29 is 18.0 Å². The first kappa shape index (κ1) is 13.5. The van der Waals surface area contributed by atoms with Crippen molar-refractivity contribution in [2.24, 2.45) is 13.0 Å². The SMILES string of the molecule is CC(C)CNC(=O)c1cc(C(F)(F)F)n(C)n1. The minimum atomic E-state index is -4.50. The molecule has 1 N–H and O–H groups in total. The van der Waals surface area contributed by atoms with E-state index in [1.165, 1.54) is 0 Å². The minimum Gasteiger partial charge on any atom is -0.350 e. The van der Waals surface area contributed by atoms with Gasteiger partial charge in [0.25, 0.3) is 5.91 Å². The number of halogens is 3. The first-order chi connectivity index (χ1) is 7.71. The third kappa shape index (κ3) is 3.47. The van der Waals surface area contributed by atoms with E-state index in [9.17, 15) is 18.0 Å². The zero-order chi connectivity index (χ0) is 13.2. The first-order valence-electron chi connectivity index (χ1n) is 5.11. The van der Waals surface area contributed by atoms with E-state index in [-0.39, 0.29) is 11.6 Å². The zero-order valence-corrected chi connectivity index (χ0v) is 9.80. The summed E-state index contributed by atoms with van der Waals surface area (Å²) in [5, 5.41) is 6.05. The fourth-order valence-corrected chi connectivity index (χ4v) is 1.23. The number of amides is 1. The molecule has 1 aromatic heterocycles. The van der Waals surface area contributed by atoms with Crippen molar-refractivity contribution in [3.8, 4) is 0 Å². The molecule has 4 nitrogen and oxygen atoms in total. The van der Waals surface area contributed by atoms with Gasteiger partial charge in [-0.15, -0.1) is 0 Å². The Labute approximate surface area is 96.8 Å². The van der Waals surface area contributed by atoms with Crippen LogP contribution >= 0.6 is 0 Å². The number of carbonyl (C=O) groups excluding carboxylic acids is 1. The number of hydrogen-bond acceptors (Lipinski definition) is 2. The summed E-state index contributed by atoms with van der Waals surface area (Å²) in [6.07, 6.45) is -4.50. The maximum Gasteiger partial charge on any atom is 0.433 e. The van der Waals surface area contributed by atoms with Gasteiger partial charge < -0.3 is 5.32 Å². The van der Waals surface area contributed by atoms with Gasteiger partial charge in [-0.3, -0.25) is 9.48 Å². The molecule has 0 spiro atoms. The van der Waals surface area contributed by atoms with Crippen LogP contribution in [0.2, 0.25) is 0 Å². The summed E-state index contributed by atoms with van der Waals surface area (Å²) in [4.78, 5) is 11.5. The van der Waals surface area contributed by atoms with Crippen LogP contribution < -0.4 is 5.32 Å². The normalized spacial score (nSPS) is 11.9. The monoisotopic (exact) mass is 249 g/mol. The van der Waals surface area contributed by atoms with E-state index in [4.69, 9.17) is 0 Å². The Bertz CT molecular complexity index is 409. The molecule has 0 aromatic carbocycles. The van der Waals surface area contributed by atoms with Crippen LogP contribution in [-0.4, -0.2) is 22.2 Å². The van der Waals surface area contributed by atoms with E-state index in [1.54, 1.807) is 0 Å². The summed E-state index contributed by atoms with van der Waals surface area (Å²) in [5.74, 6) is -0.366. The molecule has 0 bridgehead atoms. The molecule has 0 radical (unpaired) electrons. The van der Waals surface area contributed by atoms with Crippen LogP contribution in [0.15, 0.2) is 6.07 Å². The fraction of sp³-hybridized carbons (Fsp3) is 0.600. The van der Waals surface area contributed by atoms with Crippen molar-refractivity contribution in [1.82, 2.24) is 15.1 Å². The molecule has 0 atom stereocenters. The van der Waals surface area contributed by atoms with Gasteiger partial charge in [0.1, 0.15) is 5.69 Å². The fourth-order valence-electron chi connectivity index (χ4n) is 1.23. The number of aryl methyl sites for hydroxylation is 1. The number of hydrogen-bond donors (Lipinski definition) is 1. The second-order valence-corrected chi connectivity index (χ2v) is 4.14. The van der Waals surface area contributed by atoms with Crippen molar-refractivity contribution in [1.29, 1.82) is 0 Å². The summed E-state index contributed by atoms with van der Waals surface area (Å²) < 4.78 is 38.0. The average Bonchev–Trinajstić information content (AvgIpc) is 2.56. The van der Waals surface area contributed by atoms with Gasteiger partial charge in [-0.05, 0) is 5.92 Å². The lowest BCUT2D eigenvalue weighted by Gasteiger charge is -2.05. The van der Waals surface area contributed by atoms with E-state index < -0.39 is 17.8 Å². The summed E-state index contributed by atoms with van der Waals surface area (Å²) in [7, 11) is 1.15. The van der Waals surface area contributed by atoms with Gasteiger partial charge in [0, 0.05) is 19.7 Å². The number of carbonyl (C=O) groups is 1. The van der Waals surface area contributed by atoms with Crippen molar-refractivity contribution in [3.05, 3.63) is 17.5 Å². The molecule has 96 valence electrons. The van der Waals surface area contributed by atoms with Crippen LogP contribution in [0, 0.1) is 5.92 Å². The first-order valence-corrected chi connectivity index (χ1v) is 5.11. The Morgan fingerprint density at radius 3 is 2.53 bits per heavy atom. The van der Waals surface area contributed by atoms with Gasteiger partial charge >= 0.3 is 6.18 Å². The largest absolute Gasteiger partial charge is 0.433 e. The number of alkyl halides is 3. The van der Waals surface area contributed by atoms with Gasteiger partial charge in [-0.25, -0.2) is 0 Å². The molecule has 0 saturated heterocycles. The molecule has 0 fully saturated rings. The Balaban J connectivity index is 2.83. The minimum absolute atomic E-state index is 0.222. The van der Waals surface area contributed by atoms with Crippen LogP contribution in [0.1, 0.15) is 30.0 Å². The highest BCUT2D eigenvalue weighted by molar-refractivity contribution is 5.92. The Morgan fingerprint density at radius 2 is 2.12 bits per heavy atom. The molecular weight excluding hydrogens is 235 g/mol. The topological polar surface area (TPSA) is 46.9 Å². The highest BCUT2D eigenvalue weighted by atomic mass is 19.4. The summed E-state index contributed by atoms with van der Waals surface area (Å²) >= 11 is 0. The van der Waals surface area contributed by atoms with Crippen LogP contribution in [0.5, 0.6) is 0 Å². The number of nitrogens with one attached hydrogen (secondary N) is 1. The maximum atomic E-state index is 12.4. The second kappa shape index (κ2) is 4.77. The second-order valence-electron chi connectivity index (χ2n) is 4.14. The Hall–Kier alpha value is -1.53. The summed E-state index contributed by atoms with van der Waals surface area (Å²) in [5.41, 5.74) is -1.16. The number of aromatic nitrogens is 2. The lowest BCUT2D eigenvalue weighted by Crippen LogP contribution is -2.27. The maximum absolute atomic E-state index is 12.4. The van der Waals surface area contributed by atoms with Gasteiger partial charge in [0.15, 0.2) is 5.69 Å². The Kier molecular flexibility index (Phi) is 3.79. The molecule has 17 heavy (non-hydrogen) atoms. The van der Waals surface area contributed by atoms with Gasteiger partial charge in [-0.2, -0.15) is 18.3 Å². The molecule has 0 aliphatic heterocycles. The smallest absolute Gasteiger partial charge is 0.350 e. The molecule has 1 heterocycles.